The Hall–Kier alpha value is -0.910. The third kappa shape index (κ3) is 8.86. The molecule has 1 aromatic carbocycles. The van der Waals surface area contributed by atoms with E-state index in [1.807, 2.05) is 0 Å². The predicted octanol–water partition coefficient (Wildman–Crippen LogP) is 1.94. The second-order valence-corrected chi connectivity index (χ2v) is 10.7. The standard InChI is InChI=1S/C22H37N5O2S.HI/c1-3-23-22(24-10-12-26-13-15-30(28,29)16-14-26)25-21-9-11-27(19(2)17-21)18-20-7-5-4-6-8-20;/h4-8,19,21H,3,9-18H2,1-2H3,(H2,23,24,25);1H. The number of halogens is 1. The molecule has 0 aliphatic carbocycles. The van der Waals surface area contributed by atoms with Gasteiger partial charge in [0, 0.05) is 51.4 Å². The molecule has 2 fully saturated rings. The van der Waals surface area contributed by atoms with Crippen LogP contribution in [-0.4, -0.2) is 87.0 Å². The van der Waals surface area contributed by atoms with Crippen LogP contribution in [0.5, 0.6) is 0 Å². The van der Waals surface area contributed by atoms with Gasteiger partial charge in [-0.05, 0) is 32.3 Å². The molecule has 0 amide bonds. The van der Waals surface area contributed by atoms with E-state index in [-0.39, 0.29) is 35.5 Å². The van der Waals surface area contributed by atoms with Crippen LogP contribution >= 0.6 is 24.0 Å². The van der Waals surface area contributed by atoms with Crippen molar-refractivity contribution in [3.8, 4) is 0 Å². The van der Waals surface area contributed by atoms with E-state index in [0.717, 1.165) is 45.0 Å². The summed E-state index contributed by atoms with van der Waals surface area (Å²) in [5.74, 6) is 1.42. The van der Waals surface area contributed by atoms with Gasteiger partial charge in [0.2, 0.25) is 0 Å². The molecule has 0 aromatic heterocycles. The van der Waals surface area contributed by atoms with Crippen LogP contribution < -0.4 is 10.6 Å². The first kappa shape index (κ1) is 26.3. The van der Waals surface area contributed by atoms with Gasteiger partial charge >= 0.3 is 0 Å². The minimum absolute atomic E-state index is 0. The number of sulfone groups is 1. The maximum absolute atomic E-state index is 11.6. The molecule has 0 saturated carbocycles. The molecule has 2 aliphatic rings. The Bertz CT molecular complexity index is 776. The number of nitrogens with one attached hydrogen (secondary N) is 2. The Labute approximate surface area is 205 Å². The van der Waals surface area contributed by atoms with Gasteiger partial charge in [-0.25, -0.2) is 8.42 Å². The Kier molecular flexibility index (Phi) is 11.0. The normalized spacial score (nSPS) is 24.9. The summed E-state index contributed by atoms with van der Waals surface area (Å²) in [5.41, 5.74) is 1.37. The second-order valence-electron chi connectivity index (χ2n) is 8.42. The van der Waals surface area contributed by atoms with E-state index in [1.165, 1.54) is 5.56 Å². The minimum Gasteiger partial charge on any atom is -0.357 e. The van der Waals surface area contributed by atoms with Crippen molar-refractivity contribution < 1.29 is 8.42 Å². The first-order chi connectivity index (χ1) is 14.4. The second kappa shape index (κ2) is 13.0. The number of piperidine rings is 1. The van der Waals surface area contributed by atoms with E-state index in [4.69, 9.17) is 4.99 Å². The van der Waals surface area contributed by atoms with Crippen molar-refractivity contribution in [2.45, 2.75) is 45.3 Å². The molecule has 0 spiro atoms. The van der Waals surface area contributed by atoms with Gasteiger partial charge in [-0.15, -0.1) is 24.0 Å². The molecule has 2 N–H and O–H groups in total. The molecule has 176 valence electrons. The van der Waals surface area contributed by atoms with Crippen molar-refractivity contribution in [2.24, 2.45) is 4.99 Å². The average Bonchev–Trinajstić information content (AvgIpc) is 2.72. The molecule has 7 nitrogen and oxygen atoms in total. The number of aliphatic imine (C=N–C) groups is 1. The molecule has 9 heteroatoms. The van der Waals surface area contributed by atoms with Crippen LogP contribution in [-0.2, 0) is 16.4 Å². The number of guanidine groups is 1. The fourth-order valence-corrected chi connectivity index (χ4v) is 5.47. The summed E-state index contributed by atoms with van der Waals surface area (Å²) in [6, 6.07) is 11.6. The van der Waals surface area contributed by atoms with Crippen LogP contribution in [0.3, 0.4) is 0 Å². The summed E-state index contributed by atoms with van der Waals surface area (Å²) in [6.45, 7) is 10.0. The van der Waals surface area contributed by atoms with Crippen molar-refractivity contribution in [3.05, 3.63) is 35.9 Å². The van der Waals surface area contributed by atoms with Crippen LogP contribution in [0.4, 0.5) is 0 Å². The van der Waals surface area contributed by atoms with Gasteiger partial charge in [0.1, 0.15) is 0 Å². The van der Waals surface area contributed by atoms with E-state index >= 15 is 0 Å². The smallest absolute Gasteiger partial charge is 0.191 e. The van der Waals surface area contributed by atoms with Crippen LogP contribution in [0, 0.1) is 0 Å². The highest BCUT2D eigenvalue weighted by molar-refractivity contribution is 14.0. The number of rotatable bonds is 7. The van der Waals surface area contributed by atoms with Crippen LogP contribution in [0.15, 0.2) is 35.3 Å². The lowest BCUT2D eigenvalue weighted by Crippen LogP contribution is -2.51. The molecule has 2 aliphatic heterocycles. The lowest BCUT2D eigenvalue weighted by molar-refractivity contribution is 0.134. The molecule has 2 unspecified atom stereocenters. The van der Waals surface area contributed by atoms with Crippen LogP contribution in [0.25, 0.3) is 0 Å². The molecule has 2 heterocycles. The predicted molar refractivity (Wildman–Crippen MR) is 139 cm³/mol. The molecular weight excluding hydrogens is 525 g/mol. The van der Waals surface area contributed by atoms with Crippen molar-refractivity contribution in [3.63, 3.8) is 0 Å². The third-order valence-electron chi connectivity index (χ3n) is 6.05. The summed E-state index contributed by atoms with van der Waals surface area (Å²) in [4.78, 5) is 9.49. The highest BCUT2D eigenvalue weighted by atomic mass is 127. The summed E-state index contributed by atoms with van der Waals surface area (Å²) in [5, 5.41) is 6.98. The molecule has 0 bridgehead atoms. The van der Waals surface area contributed by atoms with Crippen molar-refractivity contribution >= 4 is 39.8 Å². The molecule has 3 rings (SSSR count). The zero-order valence-corrected chi connectivity index (χ0v) is 21.9. The number of hydrogen-bond donors (Lipinski definition) is 2. The van der Waals surface area contributed by atoms with Gasteiger partial charge < -0.3 is 10.6 Å². The lowest BCUT2D eigenvalue weighted by Gasteiger charge is -2.38. The van der Waals surface area contributed by atoms with Gasteiger partial charge in [0.15, 0.2) is 15.8 Å². The van der Waals surface area contributed by atoms with Crippen molar-refractivity contribution in [2.75, 3.05) is 50.8 Å². The topological polar surface area (TPSA) is 77.0 Å². The number of benzene rings is 1. The number of nitrogens with zero attached hydrogens (tertiary/aromatic N) is 3. The Balaban J connectivity index is 0.00000341. The van der Waals surface area contributed by atoms with Gasteiger partial charge in [0.25, 0.3) is 0 Å². The highest BCUT2D eigenvalue weighted by Crippen LogP contribution is 2.20. The zero-order chi connectivity index (χ0) is 21.4. The van der Waals surface area contributed by atoms with E-state index in [1.54, 1.807) is 0 Å². The Morgan fingerprint density at radius 3 is 2.52 bits per heavy atom. The van der Waals surface area contributed by atoms with Gasteiger partial charge in [-0.2, -0.15) is 0 Å². The van der Waals surface area contributed by atoms with Gasteiger partial charge in [-0.1, -0.05) is 30.3 Å². The first-order valence-corrected chi connectivity index (χ1v) is 13.0. The van der Waals surface area contributed by atoms with Crippen molar-refractivity contribution in [1.82, 2.24) is 20.4 Å². The third-order valence-corrected chi connectivity index (χ3v) is 7.66. The van der Waals surface area contributed by atoms with E-state index in [2.05, 4.69) is 64.6 Å². The largest absolute Gasteiger partial charge is 0.357 e. The van der Waals surface area contributed by atoms with E-state index in [9.17, 15) is 8.42 Å². The maximum Gasteiger partial charge on any atom is 0.191 e. The molecule has 2 atom stereocenters. The molecule has 31 heavy (non-hydrogen) atoms. The van der Waals surface area contributed by atoms with Crippen LogP contribution in [0.1, 0.15) is 32.3 Å². The fourth-order valence-electron chi connectivity index (χ4n) is 4.20. The summed E-state index contributed by atoms with van der Waals surface area (Å²) in [7, 11) is -2.82. The quantitative estimate of drug-likeness (QED) is 0.300. The Morgan fingerprint density at radius 2 is 1.87 bits per heavy atom. The van der Waals surface area contributed by atoms with E-state index in [0.29, 0.717) is 31.7 Å². The summed E-state index contributed by atoms with van der Waals surface area (Å²) < 4.78 is 23.1. The van der Waals surface area contributed by atoms with Crippen molar-refractivity contribution in [1.29, 1.82) is 0 Å². The van der Waals surface area contributed by atoms with Gasteiger partial charge in [-0.3, -0.25) is 14.8 Å². The summed E-state index contributed by atoms with van der Waals surface area (Å²) >= 11 is 0. The molecule has 1 aromatic rings. The molecule has 0 radical (unpaired) electrons. The SMILES string of the molecule is CCNC(=NCCN1CCS(=O)(=O)CC1)NC1CCN(Cc2ccccc2)C(C)C1.I. The molecular formula is C22H38IN5O2S. The van der Waals surface area contributed by atoms with Crippen LogP contribution in [0.2, 0.25) is 0 Å². The van der Waals surface area contributed by atoms with E-state index < -0.39 is 9.84 Å². The maximum atomic E-state index is 11.6. The monoisotopic (exact) mass is 563 g/mol. The molecule has 2 saturated heterocycles. The fraction of sp³-hybridized carbons (Fsp3) is 0.682. The highest BCUT2D eigenvalue weighted by Gasteiger charge is 2.26. The Morgan fingerprint density at radius 1 is 1.16 bits per heavy atom. The number of hydrogen-bond acceptors (Lipinski definition) is 5. The zero-order valence-electron chi connectivity index (χ0n) is 18.8. The average molecular weight is 564 g/mol. The number of likely N-dealkylation sites (tertiary alicyclic amines) is 1. The lowest BCUT2D eigenvalue weighted by atomic mass is 9.97. The first-order valence-electron chi connectivity index (χ1n) is 11.2. The summed E-state index contributed by atoms with van der Waals surface area (Å²) in [6.07, 6.45) is 2.20. The van der Waals surface area contributed by atoms with Gasteiger partial charge in [0.05, 0.1) is 18.1 Å². The minimum atomic E-state index is -2.82.